The normalized spacial score (nSPS) is 19.2. The lowest BCUT2D eigenvalue weighted by molar-refractivity contribution is 0.412. The largest absolute Gasteiger partial charge is 0.257 e. The summed E-state index contributed by atoms with van der Waals surface area (Å²) in [7, 11) is 0. The first-order chi connectivity index (χ1) is 5.77. The molecule has 2 rings (SSSR count). The van der Waals surface area contributed by atoms with Crippen LogP contribution in [-0.2, 0) is 5.41 Å². The maximum atomic E-state index is 12.6. The Balaban J connectivity index is 2.34. The first-order valence-electron chi connectivity index (χ1n) is 4.27. The van der Waals surface area contributed by atoms with Crippen LogP contribution in [0.2, 0.25) is 0 Å². The molecule has 1 aliphatic rings. The van der Waals surface area contributed by atoms with Gasteiger partial charge in [0.1, 0.15) is 6.67 Å². The van der Waals surface area contributed by atoms with E-state index in [9.17, 15) is 4.39 Å². The first-order valence-corrected chi connectivity index (χ1v) is 4.27. The Hall–Kier alpha value is -0.920. The topological polar surface area (TPSA) is 12.9 Å². The van der Waals surface area contributed by atoms with Crippen LogP contribution in [0.1, 0.15) is 24.2 Å². The molecule has 1 nitrogen and oxygen atoms in total. The minimum absolute atomic E-state index is 0.202. The summed E-state index contributed by atoms with van der Waals surface area (Å²) in [5, 5.41) is 0. The molecule has 0 N–H and O–H groups in total. The molecule has 1 aromatic heterocycles. The van der Waals surface area contributed by atoms with Crippen molar-refractivity contribution >= 4 is 0 Å². The lowest BCUT2D eigenvalue weighted by atomic mass is 10.0. The SMILES string of the molecule is Cc1cccc(C2(CF)CC2)n1. The summed E-state index contributed by atoms with van der Waals surface area (Å²) in [5.74, 6) is 0. The van der Waals surface area contributed by atoms with Crippen molar-refractivity contribution in [3.05, 3.63) is 29.6 Å². The molecule has 1 aromatic rings. The Morgan fingerprint density at radius 3 is 2.75 bits per heavy atom. The second kappa shape index (κ2) is 2.54. The van der Waals surface area contributed by atoms with Crippen molar-refractivity contribution in [3.8, 4) is 0 Å². The summed E-state index contributed by atoms with van der Waals surface area (Å²) >= 11 is 0. The number of aromatic nitrogens is 1. The molecular formula is C10H12FN. The van der Waals surface area contributed by atoms with Gasteiger partial charge in [-0.25, -0.2) is 0 Å². The van der Waals surface area contributed by atoms with Crippen molar-refractivity contribution in [2.45, 2.75) is 25.2 Å². The zero-order chi connectivity index (χ0) is 8.60. The average Bonchev–Trinajstić information content (AvgIpc) is 2.84. The van der Waals surface area contributed by atoms with E-state index in [1.54, 1.807) is 0 Å². The van der Waals surface area contributed by atoms with Crippen LogP contribution in [0.25, 0.3) is 0 Å². The van der Waals surface area contributed by atoms with Gasteiger partial charge in [0.2, 0.25) is 0 Å². The Kier molecular flexibility index (Phi) is 1.63. The van der Waals surface area contributed by atoms with Crippen LogP contribution in [0.3, 0.4) is 0 Å². The lowest BCUT2D eigenvalue weighted by Gasteiger charge is -2.09. The van der Waals surface area contributed by atoms with Crippen LogP contribution in [0.5, 0.6) is 0 Å². The van der Waals surface area contributed by atoms with E-state index in [0.717, 1.165) is 24.2 Å². The van der Waals surface area contributed by atoms with Gasteiger partial charge in [-0.05, 0) is 31.9 Å². The molecule has 64 valence electrons. The Bertz CT molecular complexity index is 292. The second-order valence-electron chi connectivity index (χ2n) is 3.58. The molecule has 1 aliphatic carbocycles. The standard InChI is InChI=1S/C10H12FN/c1-8-3-2-4-9(12-8)10(7-11)5-6-10/h2-4H,5-7H2,1H3. The Morgan fingerprint density at radius 2 is 2.25 bits per heavy atom. The molecule has 0 radical (unpaired) electrons. The third kappa shape index (κ3) is 1.11. The van der Waals surface area contributed by atoms with E-state index in [4.69, 9.17) is 0 Å². The average molecular weight is 165 g/mol. The zero-order valence-electron chi connectivity index (χ0n) is 7.18. The van der Waals surface area contributed by atoms with Gasteiger partial charge in [-0.1, -0.05) is 6.07 Å². The Morgan fingerprint density at radius 1 is 1.50 bits per heavy atom. The number of aryl methyl sites for hydroxylation is 1. The highest BCUT2D eigenvalue weighted by Gasteiger charge is 2.45. The minimum atomic E-state index is -0.260. The molecule has 0 saturated heterocycles. The quantitative estimate of drug-likeness (QED) is 0.655. The fraction of sp³-hybridized carbons (Fsp3) is 0.500. The number of hydrogen-bond acceptors (Lipinski definition) is 1. The van der Waals surface area contributed by atoms with Crippen LogP contribution in [0, 0.1) is 6.92 Å². The van der Waals surface area contributed by atoms with Gasteiger partial charge in [0.05, 0.1) is 0 Å². The van der Waals surface area contributed by atoms with Crippen molar-refractivity contribution in [1.82, 2.24) is 4.98 Å². The van der Waals surface area contributed by atoms with E-state index in [1.165, 1.54) is 0 Å². The van der Waals surface area contributed by atoms with Gasteiger partial charge in [0.15, 0.2) is 0 Å². The molecule has 0 aromatic carbocycles. The number of hydrogen-bond donors (Lipinski definition) is 0. The number of pyridine rings is 1. The zero-order valence-corrected chi connectivity index (χ0v) is 7.18. The summed E-state index contributed by atoms with van der Waals surface area (Å²) in [6, 6.07) is 5.82. The van der Waals surface area contributed by atoms with Gasteiger partial charge < -0.3 is 0 Å². The molecule has 0 atom stereocenters. The van der Waals surface area contributed by atoms with Crippen molar-refractivity contribution in [1.29, 1.82) is 0 Å². The minimum Gasteiger partial charge on any atom is -0.257 e. The monoisotopic (exact) mass is 165 g/mol. The molecule has 1 fully saturated rings. The molecule has 1 saturated carbocycles. The molecule has 0 unspecified atom stereocenters. The highest BCUT2D eigenvalue weighted by atomic mass is 19.1. The van der Waals surface area contributed by atoms with Crippen molar-refractivity contribution < 1.29 is 4.39 Å². The second-order valence-corrected chi connectivity index (χ2v) is 3.58. The molecule has 0 bridgehead atoms. The fourth-order valence-corrected chi connectivity index (χ4v) is 1.45. The van der Waals surface area contributed by atoms with Crippen LogP contribution in [-0.4, -0.2) is 11.7 Å². The predicted octanol–water partition coefficient (Wildman–Crippen LogP) is 2.39. The number of halogens is 1. The lowest BCUT2D eigenvalue weighted by Crippen LogP contribution is -2.11. The number of nitrogens with zero attached hydrogens (tertiary/aromatic N) is 1. The van der Waals surface area contributed by atoms with E-state index in [0.29, 0.717) is 0 Å². The fourth-order valence-electron chi connectivity index (χ4n) is 1.45. The van der Waals surface area contributed by atoms with E-state index in [2.05, 4.69) is 4.98 Å². The molecule has 1 heterocycles. The third-order valence-corrected chi connectivity index (χ3v) is 2.54. The summed E-state index contributed by atoms with van der Waals surface area (Å²) in [6.07, 6.45) is 1.92. The third-order valence-electron chi connectivity index (χ3n) is 2.54. The van der Waals surface area contributed by atoms with Crippen molar-refractivity contribution in [2.75, 3.05) is 6.67 Å². The van der Waals surface area contributed by atoms with E-state index < -0.39 is 0 Å². The van der Waals surface area contributed by atoms with Gasteiger partial charge in [0.25, 0.3) is 0 Å². The molecule has 2 heteroatoms. The maximum absolute atomic E-state index is 12.6. The maximum Gasteiger partial charge on any atom is 0.101 e. The Labute approximate surface area is 71.6 Å². The highest BCUT2D eigenvalue weighted by Crippen LogP contribution is 2.47. The van der Waals surface area contributed by atoms with Crippen LogP contribution in [0.4, 0.5) is 4.39 Å². The highest BCUT2D eigenvalue weighted by molar-refractivity contribution is 5.26. The molecule has 12 heavy (non-hydrogen) atoms. The van der Waals surface area contributed by atoms with Gasteiger partial charge in [-0.15, -0.1) is 0 Å². The summed E-state index contributed by atoms with van der Waals surface area (Å²) in [6.45, 7) is 1.68. The number of rotatable bonds is 2. The molecule has 0 amide bonds. The summed E-state index contributed by atoms with van der Waals surface area (Å²) in [4.78, 5) is 4.34. The first kappa shape index (κ1) is 7.71. The summed E-state index contributed by atoms with van der Waals surface area (Å²) < 4.78 is 12.6. The van der Waals surface area contributed by atoms with Gasteiger partial charge in [-0.2, -0.15) is 0 Å². The van der Waals surface area contributed by atoms with Crippen molar-refractivity contribution in [2.24, 2.45) is 0 Å². The van der Waals surface area contributed by atoms with Gasteiger partial charge in [-0.3, -0.25) is 9.37 Å². The van der Waals surface area contributed by atoms with Gasteiger partial charge >= 0.3 is 0 Å². The molecule has 0 spiro atoms. The van der Waals surface area contributed by atoms with E-state index in [-0.39, 0.29) is 12.1 Å². The number of alkyl halides is 1. The molecular weight excluding hydrogens is 153 g/mol. The summed E-state index contributed by atoms with van der Waals surface area (Å²) in [5.41, 5.74) is 1.71. The predicted molar refractivity (Wildman–Crippen MR) is 45.9 cm³/mol. The van der Waals surface area contributed by atoms with Crippen LogP contribution in [0.15, 0.2) is 18.2 Å². The van der Waals surface area contributed by atoms with E-state index >= 15 is 0 Å². The van der Waals surface area contributed by atoms with Crippen LogP contribution < -0.4 is 0 Å². The van der Waals surface area contributed by atoms with Crippen LogP contribution >= 0.6 is 0 Å². The smallest absolute Gasteiger partial charge is 0.101 e. The van der Waals surface area contributed by atoms with Crippen molar-refractivity contribution in [3.63, 3.8) is 0 Å². The van der Waals surface area contributed by atoms with Gasteiger partial charge in [0, 0.05) is 16.8 Å². The molecule has 0 aliphatic heterocycles. The van der Waals surface area contributed by atoms with E-state index in [1.807, 2.05) is 25.1 Å².